The van der Waals surface area contributed by atoms with Crippen LogP contribution < -0.4 is 9.47 Å². The molecule has 0 aliphatic heterocycles. The fourth-order valence-corrected chi connectivity index (χ4v) is 7.46. The molecule has 0 saturated heterocycles. The third-order valence-electron chi connectivity index (χ3n) is 10.6. The first-order valence-corrected chi connectivity index (χ1v) is 19.5. The lowest BCUT2D eigenvalue weighted by Gasteiger charge is -2.31. The third-order valence-corrected chi connectivity index (χ3v) is 10.6. The van der Waals surface area contributed by atoms with Crippen molar-refractivity contribution in [3.8, 4) is 39.5 Å². The van der Waals surface area contributed by atoms with Gasteiger partial charge >= 0.3 is 0 Å². The van der Waals surface area contributed by atoms with Crippen LogP contribution in [0.2, 0.25) is 0 Å². The van der Waals surface area contributed by atoms with Crippen molar-refractivity contribution in [3.05, 3.63) is 125 Å². The maximum absolute atomic E-state index is 12.0. The minimum absolute atomic E-state index is 0.0116. The highest BCUT2D eigenvalue weighted by atomic mass is 16.5. The van der Waals surface area contributed by atoms with E-state index in [1.807, 2.05) is 31.2 Å². The van der Waals surface area contributed by atoms with Gasteiger partial charge in [-0.2, -0.15) is 0 Å². The lowest BCUT2D eigenvalue weighted by molar-refractivity contribution is 0.290. The third kappa shape index (κ3) is 7.88. The van der Waals surface area contributed by atoms with Crippen molar-refractivity contribution < 1.29 is 14.6 Å². The monoisotopic (exact) mass is 720 g/mol. The molecule has 6 aromatic rings. The minimum Gasteiger partial charge on any atom is -0.504 e. The summed E-state index contributed by atoms with van der Waals surface area (Å²) in [5, 5.41) is 16.1. The summed E-state index contributed by atoms with van der Waals surface area (Å²) in [7, 11) is 0. The molecule has 6 aromatic carbocycles. The zero-order valence-electron chi connectivity index (χ0n) is 34.9. The molecule has 0 aromatic heterocycles. The number of ether oxygens (including phenoxy) is 2. The van der Waals surface area contributed by atoms with Crippen LogP contribution >= 0.6 is 0 Å². The highest BCUT2D eigenvalue weighted by Crippen LogP contribution is 2.51. The second-order valence-corrected chi connectivity index (χ2v) is 19.1. The maximum Gasteiger partial charge on any atom is 0.170 e. The van der Waals surface area contributed by atoms with Crippen molar-refractivity contribution in [1.82, 2.24) is 0 Å². The molecule has 1 N–H and O–H groups in total. The van der Waals surface area contributed by atoms with Gasteiger partial charge in [0.05, 0.1) is 6.61 Å². The van der Waals surface area contributed by atoms with Crippen LogP contribution in [0.1, 0.15) is 118 Å². The van der Waals surface area contributed by atoms with Gasteiger partial charge in [-0.1, -0.05) is 156 Å². The van der Waals surface area contributed by atoms with Crippen LogP contribution in [0.15, 0.2) is 97.1 Å². The highest BCUT2D eigenvalue weighted by molar-refractivity contribution is 6.11. The number of aromatic hydroxyl groups is 1. The quantitative estimate of drug-likeness (QED) is 0.178. The van der Waals surface area contributed by atoms with Gasteiger partial charge in [-0.25, -0.2) is 0 Å². The normalized spacial score (nSPS) is 12.8. The van der Waals surface area contributed by atoms with Crippen molar-refractivity contribution in [2.75, 3.05) is 6.61 Å². The summed E-state index contributed by atoms with van der Waals surface area (Å²) in [6.45, 7) is 30.2. The van der Waals surface area contributed by atoms with Crippen molar-refractivity contribution in [2.45, 2.75) is 118 Å². The molecule has 3 nitrogen and oxygen atoms in total. The van der Waals surface area contributed by atoms with E-state index in [4.69, 9.17) is 9.47 Å². The van der Waals surface area contributed by atoms with Crippen LogP contribution in [0.3, 0.4) is 0 Å². The van der Waals surface area contributed by atoms with E-state index in [-0.39, 0.29) is 27.4 Å². The first-order valence-electron chi connectivity index (χ1n) is 19.5. The summed E-state index contributed by atoms with van der Waals surface area (Å²) in [6.07, 6.45) is 0. The van der Waals surface area contributed by atoms with Gasteiger partial charge in [0.25, 0.3) is 0 Å². The molecule has 0 atom stereocenters. The minimum atomic E-state index is -0.124. The van der Waals surface area contributed by atoms with Gasteiger partial charge in [0.1, 0.15) is 12.4 Å². The largest absolute Gasteiger partial charge is 0.504 e. The summed E-state index contributed by atoms with van der Waals surface area (Å²) >= 11 is 0. The second-order valence-electron chi connectivity index (χ2n) is 19.1. The number of phenolic OH excluding ortho intramolecular Hbond substituents is 1. The average Bonchev–Trinajstić information content (AvgIpc) is 3.08. The van der Waals surface area contributed by atoms with E-state index in [1.54, 1.807) is 0 Å². The Labute approximate surface area is 324 Å². The van der Waals surface area contributed by atoms with Crippen LogP contribution in [-0.2, 0) is 28.3 Å². The van der Waals surface area contributed by atoms with E-state index in [0.717, 1.165) is 44.0 Å². The summed E-state index contributed by atoms with van der Waals surface area (Å²) < 4.78 is 13.2. The first-order chi connectivity index (χ1) is 25.2. The molecule has 54 heavy (non-hydrogen) atoms. The number of rotatable bonds is 7. The van der Waals surface area contributed by atoms with Gasteiger partial charge in [-0.05, 0) is 113 Å². The molecule has 0 aliphatic carbocycles. The van der Waals surface area contributed by atoms with Gasteiger partial charge < -0.3 is 14.6 Å². The van der Waals surface area contributed by atoms with Crippen molar-refractivity contribution >= 4 is 21.5 Å². The molecule has 0 radical (unpaired) electrons. The molecule has 0 spiro atoms. The molecule has 282 valence electrons. The number of benzene rings is 6. The Morgan fingerprint density at radius 3 is 1.69 bits per heavy atom. The van der Waals surface area contributed by atoms with Crippen LogP contribution in [0.5, 0.6) is 17.2 Å². The Balaban J connectivity index is 1.69. The van der Waals surface area contributed by atoms with Crippen molar-refractivity contribution in [3.63, 3.8) is 0 Å². The molecule has 0 fully saturated rings. The predicted molar refractivity (Wildman–Crippen MR) is 231 cm³/mol. The molecule has 0 bridgehead atoms. The topological polar surface area (TPSA) is 38.7 Å². The van der Waals surface area contributed by atoms with Crippen molar-refractivity contribution in [1.29, 1.82) is 0 Å². The number of hydrogen-bond donors (Lipinski definition) is 1. The summed E-state index contributed by atoms with van der Waals surface area (Å²) in [5.41, 5.74) is 10.2. The molecule has 0 heterocycles. The SMILES string of the molecule is CCOc1ccc2cc(-c3cc(C(C)(C)C)cc(C(C)(C)C)c3)ccc2c1-c1c(OCc2ccccc2)c(O)cc2cc(C(C)(C)C)c(C(C)(C)C)cc12. The Morgan fingerprint density at radius 2 is 1.11 bits per heavy atom. The second kappa shape index (κ2) is 14.1. The highest BCUT2D eigenvalue weighted by Gasteiger charge is 2.29. The van der Waals surface area contributed by atoms with Crippen LogP contribution in [0.25, 0.3) is 43.8 Å². The standard InChI is InChI=1S/C51H60O3/c1-14-53-44-23-21-34-24-33(35-25-37(48(2,3)4)29-38(26-35)49(5,6)7)20-22-39(34)45(44)46-40-30-42(51(11,12)13)41(50(8,9)10)27-36(40)28-43(52)47(46)54-31-32-18-16-15-17-19-32/h15-30,52H,14,31H2,1-13H3. The molecule has 6 rings (SSSR count). The Kier molecular flexibility index (Phi) is 10.2. The summed E-state index contributed by atoms with van der Waals surface area (Å²) in [6, 6.07) is 34.7. The van der Waals surface area contributed by atoms with E-state index >= 15 is 0 Å². The Morgan fingerprint density at radius 1 is 0.500 bits per heavy atom. The molecular formula is C51H60O3. The predicted octanol–water partition coefficient (Wildman–Crippen LogP) is 14.2. The fourth-order valence-electron chi connectivity index (χ4n) is 7.46. The van der Waals surface area contributed by atoms with Gasteiger partial charge in [0.2, 0.25) is 0 Å². The Bertz CT molecular complexity index is 2290. The average molecular weight is 721 g/mol. The molecular weight excluding hydrogens is 661 g/mol. The maximum atomic E-state index is 12.0. The van der Waals surface area contributed by atoms with E-state index < -0.39 is 0 Å². The zero-order valence-corrected chi connectivity index (χ0v) is 34.9. The van der Waals surface area contributed by atoms with E-state index in [0.29, 0.717) is 19.0 Å². The number of phenols is 1. The smallest absolute Gasteiger partial charge is 0.170 e. The van der Waals surface area contributed by atoms with Gasteiger partial charge in [0.15, 0.2) is 11.5 Å². The number of fused-ring (bicyclic) bond motifs is 2. The van der Waals surface area contributed by atoms with E-state index in [2.05, 4.69) is 156 Å². The molecule has 0 unspecified atom stereocenters. The van der Waals surface area contributed by atoms with Gasteiger partial charge in [-0.15, -0.1) is 0 Å². The van der Waals surface area contributed by atoms with Crippen molar-refractivity contribution in [2.24, 2.45) is 0 Å². The first kappa shape index (κ1) is 38.9. The zero-order chi connectivity index (χ0) is 39.4. The summed E-state index contributed by atoms with van der Waals surface area (Å²) in [5.74, 6) is 1.33. The van der Waals surface area contributed by atoms with Crippen LogP contribution in [-0.4, -0.2) is 11.7 Å². The Hall–Kier alpha value is -4.76. The van der Waals surface area contributed by atoms with E-state index in [1.165, 1.54) is 33.4 Å². The number of hydrogen-bond acceptors (Lipinski definition) is 3. The lowest BCUT2D eigenvalue weighted by atomic mass is 9.73. The molecule has 0 amide bonds. The van der Waals surface area contributed by atoms with Crippen LogP contribution in [0.4, 0.5) is 0 Å². The fraction of sp³-hybridized carbons (Fsp3) is 0.373. The lowest BCUT2D eigenvalue weighted by Crippen LogP contribution is -2.22. The van der Waals surface area contributed by atoms with E-state index in [9.17, 15) is 5.11 Å². The van der Waals surface area contributed by atoms with Gasteiger partial charge in [0, 0.05) is 11.1 Å². The van der Waals surface area contributed by atoms with Crippen LogP contribution in [0, 0.1) is 0 Å². The molecule has 3 heteroatoms. The summed E-state index contributed by atoms with van der Waals surface area (Å²) in [4.78, 5) is 0. The molecule has 0 aliphatic rings. The van der Waals surface area contributed by atoms with Gasteiger partial charge in [-0.3, -0.25) is 0 Å². The molecule has 0 saturated carbocycles.